The lowest BCUT2D eigenvalue weighted by atomic mass is 9.96. The number of carbonyl (C=O) groups is 1. The van der Waals surface area contributed by atoms with Crippen LogP contribution >= 0.6 is 11.8 Å². The molecule has 4 heteroatoms. The van der Waals surface area contributed by atoms with Crippen molar-refractivity contribution in [1.82, 2.24) is 5.32 Å². The third-order valence-electron chi connectivity index (χ3n) is 3.76. The lowest BCUT2D eigenvalue weighted by Gasteiger charge is -2.10. The van der Waals surface area contributed by atoms with Crippen molar-refractivity contribution in [1.29, 1.82) is 0 Å². The standard InChI is InChI=1S/C17H17NO2S/c19-17(20)16-10-13(11-18-16)12-6-8-15(9-7-12)21-14-4-2-1-3-5-14/h1-9,13,16,18H,10-11H2,(H,19,20)/t13-,16-/m0/s1. The summed E-state index contributed by atoms with van der Waals surface area (Å²) in [7, 11) is 0. The van der Waals surface area contributed by atoms with Crippen LogP contribution in [0.4, 0.5) is 0 Å². The van der Waals surface area contributed by atoms with Gasteiger partial charge in [-0.15, -0.1) is 0 Å². The summed E-state index contributed by atoms with van der Waals surface area (Å²) in [4.78, 5) is 13.4. The van der Waals surface area contributed by atoms with Gasteiger partial charge in [-0.1, -0.05) is 42.1 Å². The van der Waals surface area contributed by atoms with E-state index >= 15 is 0 Å². The molecular formula is C17H17NO2S. The van der Waals surface area contributed by atoms with Crippen LogP contribution < -0.4 is 5.32 Å². The van der Waals surface area contributed by atoms with Gasteiger partial charge in [0.2, 0.25) is 0 Å². The van der Waals surface area contributed by atoms with E-state index in [0.717, 1.165) is 6.54 Å². The molecule has 0 aliphatic carbocycles. The van der Waals surface area contributed by atoms with Crippen molar-refractivity contribution in [2.75, 3.05) is 6.54 Å². The molecule has 3 nitrogen and oxygen atoms in total. The van der Waals surface area contributed by atoms with Gasteiger partial charge in [0.25, 0.3) is 0 Å². The van der Waals surface area contributed by atoms with Gasteiger partial charge in [0.15, 0.2) is 0 Å². The van der Waals surface area contributed by atoms with Crippen molar-refractivity contribution < 1.29 is 9.90 Å². The molecule has 0 radical (unpaired) electrons. The largest absolute Gasteiger partial charge is 0.480 e. The summed E-state index contributed by atoms with van der Waals surface area (Å²) in [6.45, 7) is 0.738. The van der Waals surface area contributed by atoms with Crippen LogP contribution in [-0.4, -0.2) is 23.7 Å². The highest BCUT2D eigenvalue weighted by molar-refractivity contribution is 7.99. The molecule has 2 atom stereocenters. The van der Waals surface area contributed by atoms with E-state index in [1.165, 1.54) is 15.4 Å². The molecule has 2 N–H and O–H groups in total. The summed E-state index contributed by atoms with van der Waals surface area (Å²) in [5.41, 5.74) is 1.21. The molecule has 108 valence electrons. The molecule has 21 heavy (non-hydrogen) atoms. The van der Waals surface area contributed by atoms with Gasteiger partial charge in [-0.3, -0.25) is 4.79 Å². The van der Waals surface area contributed by atoms with Gasteiger partial charge < -0.3 is 10.4 Å². The third kappa shape index (κ3) is 3.46. The van der Waals surface area contributed by atoms with Crippen LogP contribution in [-0.2, 0) is 4.79 Å². The van der Waals surface area contributed by atoms with Crippen LogP contribution in [0.3, 0.4) is 0 Å². The number of carboxylic acid groups (broad SMARTS) is 1. The maximum absolute atomic E-state index is 11.0. The Morgan fingerprint density at radius 2 is 1.71 bits per heavy atom. The topological polar surface area (TPSA) is 49.3 Å². The molecule has 1 heterocycles. The molecule has 1 aliphatic heterocycles. The minimum atomic E-state index is -0.756. The third-order valence-corrected chi connectivity index (χ3v) is 4.78. The lowest BCUT2D eigenvalue weighted by molar-refractivity contribution is -0.139. The van der Waals surface area contributed by atoms with Gasteiger partial charge in [-0.05, 0) is 42.2 Å². The molecule has 0 saturated carbocycles. The number of carboxylic acids is 1. The highest BCUT2D eigenvalue weighted by Crippen LogP contribution is 2.31. The lowest BCUT2D eigenvalue weighted by Crippen LogP contribution is -2.29. The molecule has 0 unspecified atom stereocenters. The Balaban J connectivity index is 1.66. The molecule has 1 saturated heterocycles. The van der Waals surface area contributed by atoms with Crippen LogP contribution in [0.1, 0.15) is 17.9 Å². The second-order valence-electron chi connectivity index (χ2n) is 5.22. The molecule has 1 fully saturated rings. The highest BCUT2D eigenvalue weighted by atomic mass is 32.2. The van der Waals surface area contributed by atoms with Crippen LogP contribution in [0, 0.1) is 0 Å². The summed E-state index contributed by atoms with van der Waals surface area (Å²) in [5, 5.41) is 12.1. The van der Waals surface area contributed by atoms with E-state index in [4.69, 9.17) is 5.11 Å². The minimum Gasteiger partial charge on any atom is -0.480 e. The second kappa shape index (κ2) is 6.33. The zero-order valence-electron chi connectivity index (χ0n) is 11.5. The van der Waals surface area contributed by atoms with Gasteiger partial charge in [-0.2, -0.15) is 0 Å². The van der Waals surface area contributed by atoms with Crippen molar-refractivity contribution in [2.45, 2.75) is 28.2 Å². The maximum atomic E-state index is 11.0. The van der Waals surface area contributed by atoms with Crippen LogP contribution in [0.25, 0.3) is 0 Å². The van der Waals surface area contributed by atoms with Crippen molar-refractivity contribution in [3.8, 4) is 0 Å². The van der Waals surface area contributed by atoms with Gasteiger partial charge in [-0.25, -0.2) is 0 Å². The Bertz CT molecular complexity index is 612. The number of nitrogens with one attached hydrogen (secondary N) is 1. The number of hydrogen-bond donors (Lipinski definition) is 2. The van der Waals surface area contributed by atoms with Crippen molar-refractivity contribution in [3.63, 3.8) is 0 Å². The fraction of sp³-hybridized carbons (Fsp3) is 0.235. The quantitative estimate of drug-likeness (QED) is 0.909. The average molecular weight is 299 g/mol. The van der Waals surface area contributed by atoms with Crippen molar-refractivity contribution >= 4 is 17.7 Å². The first-order valence-corrected chi connectivity index (χ1v) is 7.83. The van der Waals surface area contributed by atoms with Crippen LogP contribution in [0.15, 0.2) is 64.4 Å². The van der Waals surface area contributed by atoms with Gasteiger partial charge in [0.1, 0.15) is 6.04 Å². The Labute approximate surface area is 128 Å². The number of hydrogen-bond acceptors (Lipinski definition) is 3. The normalized spacial score (nSPS) is 21.3. The average Bonchev–Trinajstić information content (AvgIpc) is 2.99. The van der Waals surface area contributed by atoms with Gasteiger partial charge >= 0.3 is 5.97 Å². The first kappa shape index (κ1) is 14.2. The van der Waals surface area contributed by atoms with Crippen LogP contribution in [0.2, 0.25) is 0 Å². The molecule has 0 amide bonds. The first-order valence-electron chi connectivity index (χ1n) is 7.01. The summed E-state index contributed by atoms with van der Waals surface area (Å²) < 4.78 is 0. The van der Waals surface area contributed by atoms with E-state index in [-0.39, 0.29) is 0 Å². The first-order chi connectivity index (χ1) is 10.2. The zero-order valence-corrected chi connectivity index (χ0v) is 12.3. The predicted octanol–water partition coefficient (Wildman–Crippen LogP) is 3.37. The molecule has 2 aromatic rings. The van der Waals surface area contributed by atoms with Crippen LogP contribution in [0.5, 0.6) is 0 Å². The monoisotopic (exact) mass is 299 g/mol. The number of rotatable bonds is 4. The Morgan fingerprint density at radius 1 is 1.05 bits per heavy atom. The van der Waals surface area contributed by atoms with E-state index in [9.17, 15) is 4.79 Å². The Morgan fingerprint density at radius 3 is 2.33 bits per heavy atom. The SMILES string of the molecule is O=C(O)[C@@H]1C[C@H](c2ccc(Sc3ccccc3)cc2)CN1. The summed E-state index contributed by atoms with van der Waals surface area (Å²) in [5.74, 6) is -0.462. The number of aliphatic carboxylic acids is 1. The molecule has 0 bridgehead atoms. The molecule has 1 aliphatic rings. The molecule has 0 spiro atoms. The Hall–Kier alpha value is -1.78. The maximum Gasteiger partial charge on any atom is 0.320 e. The van der Waals surface area contributed by atoms with Crippen molar-refractivity contribution in [3.05, 3.63) is 60.2 Å². The smallest absolute Gasteiger partial charge is 0.320 e. The summed E-state index contributed by atoms with van der Waals surface area (Å²) >= 11 is 1.73. The predicted molar refractivity (Wildman–Crippen MR) is 83.8 cm³/mol. The summed E-state index contributed by atoms with van der Waals surface area (Å²) in [6.07, 6.45) is 0.667. The van der Waals surface area contributed by atoms with E-state index in [1.807, 2.05) is 18.2 Å². The zero-order chi connectivity index (χ0) is 14.7. The highest BCUT2D eigenvalue weighted by Gasteiger charge is 2.29. The molecule has 3 rings (SSSR count). The van der Waals surface area contributed by atoms with E-state index in [1.54, 1.807) is 11.8 Å². The fourth-order valence-electron chi connectivity index (χ4n) is 2.61. The van der Waals surface area contributed by atoms with E-state index < -0.39 is 12.0 Å². The molecule has 2 aromatic carbocycles. The second-order valence-corrected chi connectivity index (χ2v) is 6.36. The fourth-order valence-corrected chi connectivity index (χ4v) is 3.45. The van der Waals surface area contributed by atoms with Gasteiger partial charge in [0.05, 0.1) is 0 Å². The summed E-state index contributed by atoms with van der Waals surface area (Å²) in [6, 6.07) is 18.3. The van der Waals surface area contributed by atoms with Crippen molar-refractivity contribution in [2.24, 2.45) is 0 Å². The Kier molecular flexibility index (Phi) is 4.27. The molecule has 0 aromatic heterocycles. The molecular weight excluding hydrogens is 282 g/mol. The van der Waals surface area contributed by atoms with E-state index in [2.05, 4.69) is 41.7 Å². The minimum absolute atomic E-state index is 0.293. The van der Waals surface area contributed by atoms with E-state index in [0.29, 0.717) is 12.3 Å². The van der Waals surface area contributed by atoms with Gasteiger partial charge in [0, 0.05) is 16.3 Å². The number of benzene rings is 2.